The van der Waals surface area contributed by atoms with E-state index in [1.54, 1.807) is 6.07 Å². The predicted molar refractivity (Wildman–Crippen MR) is 91.0 cm³/mol. The molecule has 1 aliphatic heterocycles. The molecule has 0 saturated carbocycles. The molecule has 108 valence electrons. The highest BCUT2D eigenvalue weighted by molar-refractivity contribution is 6.36. The number of aromatic nitrogens is 1. The summed E-state index contributed by atoms with van der Waals surface area (Å²) in [5, 5.41) is 4.55. The Morgan fingerprint density at radius 2 is 1.95 bits per heavy atom. The van der Waals surface area contributed by atoms with Gasteiger partial charge in [-0.15, -0.1) is 0 Å². The van der Waals surface area contributed by atoms with Gasteiger partial charge in [-0.3, -0.25) is 4.79 Å². The molecule has 1 aliphatic rings. The minimum Gasteiger partial charge on any atom is -0.351 e. The average Bonchev–Trinajstić information content (AvgIpc) is 2.99. The summed E-state index contributed by atoms with van der Waals surface area (Å²) < 4.78 is 2.08. The van der Waals surface area contributed by atoms with Gasteiger partial charge in [0.25, 0.3) is 5.91 Å². The van der Waals surface area contributed by atoms with Crippen molar-refractivity contribution in [3.05, 3.63) is 59.8 Å². The highest BCUT2D eigenvalue weighted by Crippen LogP contribution is 2.39. The molecule has 0 saturated heterocycles. The van der Waals surface area contributed by atoms with Crippen molar-refractivity contribution in [3.63, 3.8) is 0 Å². The van der Waals surface area contributed by atoms with E-state index in [-0.39, 0.29) is 5.91 Å². The number of fused-ring (bicyclic) bond motifs is 2. The Bertz CT molecular complexity index is 969. The Morgan fingerprint density at radius 3 is 2.77 bits per heavy atom. The lowest BCUT2D eigenvalue weighted by Crippen LogP contribution is -2.02. The van der Waals surface area contributed by atoms with Gasteiger partial charge in [-0.1, -0.05) is 24.2 Å². The highest BCUT2D eigenvalue weighted by atomic mass is 35.5. The number of amides is 1. The third-order valence-corrected chi connectivity index (χ3v) is 4.46. The normalized spacial score (nSPS) is 13.5. The second-order valence-electron chi connectivity index (χ2n) is 5.51. The second kappa shape index (κ2) is 4.49. The molecule has 3 aromatic rings. The number of nitrogens with one attached hydrogen (secondary N) is 1. The fourth-order valence-corrected chi connectivity index (χ4v) is 3.19. The van der Waals surface area contributed by atoms with Crippen LogP contribution in [0.5, 0.6) is 0 Å². The summed E-state index contributed by atoms with van der Waals surface area (Å²) >= 11 is 6.41. The molecule has 2 heterocycles. The van der Waals surface area contributed by atoms with Crippen LogP contribution in [0.4, 0.5) is 5.69 Å². The Balaban J connectivity index is 1.91. The van der Waals surface area contributed by atoms with Crippen LogP contribution in [0.25, 0.3) is 27.6 Å². The van der Waals surface area contributed by atoms with Gasteiger partial charge in [-0.05, 0) is 35.9 Å². The maximum absolute atomic E-state index is 11.7. The van der Waals surface area contributed by atoms with Gasteiger partial charge in [0.15, 0.2) is 0 Å². The van der Waals surface area contributed by atoms with E-state index >= 15 is 0 Å². The molecule has 1 amide bonds. The monoisotopic (exact) mass is 308 g/mol. The molecule has 0 atom stereocenters. The summed E-state index contributed by atoms with van der Waals surface area (Å²) in [5.41, 5.74) is 5.13. The van der Waals surface area contributed by atoms with Crippen LogP contribution in [0.15, 0.2) is 49.2 Å². The zero-order valence-corrected chi connectivity index (χ0v) is 12.7. The second-order valence-corrected chi connectivity index (χ2v) is 5.92. The van der Waals surface area contributed by atoms with Crippen LogP contribution in [0.3, 0.4) is 0 Å². The summed E-state index contributed by atoms with van der Waals surface area (Å²) in [6.45, 7) is 3.84. The summed E-state index contributed by atoms with van der Waals surface area (Å²) in [5.74, 6) is -0.165. The average molecular weight is 309 g/mol. The van der Waals surface area contributed by atoms with Crippen molar-refractivity contribution in [1.29, 1.82) is 0 Å². The summed E-state index contributed by atoms with van der Waals surface area (Å²) in [4.78, 5) is 11.7. The molecule has 1 aromatic heterocycles. The largest absolute Gasteiger partial charge is 0.351 e. The van der Waals surface area contributed by atoms with Crippen LogP contribution in [0.2, 0.25) is 5.02 Å². The number of benzene rings is 2. The van der Waals surface area contributed by atoms with Gasteiger partial charge < -0.3 is 9.88 Å². The van der Waals surface area contributed by atoms with Crippen molar-refractivity contribution >= 4 is 39.7 Å². The van der Waals surface area contributed by atoms with Gasteiger partial charge in [-0.2, -0.15) is 0 Å². The van der Waals surface area contributed by atoms with Crippen molar-refractivity contribution in [2.24, 2.45) is 7.05 Å². The molecule has 1 N–H and O–H groups in total. The maximum atomic E-state index is 11.7. The van der Waals surface area contributed by atoms with Gasteiger partial charge >= 0.3 is 0 Å². The molecule has 4 rings (SSSR count). The van der Waals surface area contributed by atoms with Crippen LogP contribution in [0, 0.1) is 0 Å². The number of anilines is 1. The molecule has 22 heavy (non-hydrogen) atoms. The van der Waals surface area contributed by atoms with Crippen LogP contribution >= 0.6 is 11.6 Å². The first kappa shape index (κ1) is 13.2. The number of hydrogen-bond acceptors (Lipinski definition) is 1. The molecular formula is C18H13ClN2O. The third kappa shape index (κ3) is 1.79. The van der Waals surface area contributed by atoms with E-state index in [2.05, 4.69) is 34.7 Å². The summed E-state index contributed by atoms with van der Waals surface area (Å²) in [6.07, 6.45) is 2.03. The Morgan fingerprint density at radius 1 is 1.14 bits per heavy atom. The smallest absolute Gasteiger partial charge is 0.255 e. The first-order chi connectivity index (χ1) is 10.5. The van der Waals surface area contributed by atoms with Crippen LogP contribution in [0.1, 0.15) is 5.56 Å². The van der Waals surface area contributed by atoms with Gasteiger partial charge in [0, 0.05) is 40.8 Å². The van der Waals surface area contributed by atoms with Crippen LogP contribution in [-0.4, -0.2) is 10.5 Å². The van der Waals surface area contributed by atoms with Gasteiger partial charge in [0.1, 0.15) is 0 Å². The van der Waals surface area contributed by atoms with Crippen molar-refractivity contribution in [2.75, 3.05) is 5.32 Å². The van der Waals surface area contributed by atoms with Crippen molar-refractivity contribution in [3.8, 4) is 11.1 Å². The summed E-state index contributed by atoms with van der Waals surface area (Å²) in [7, 11) is 2.02. The topological polar surface area (TPSA) is 34.0 Å². The van der Waals surface area contributed by atoms with Gasteiger partial charge in [-0.25, -0.2) is 0 Å². The van der Waals surface area contributed by atoms with E-state index in [4.69, 9.17) is 11.6 Å². The number of nitrogens with zero attached hydrogens (tertiary/aromatic N) is 1. The quantitative estimate of drug-likeness (QED) is 0.661. The van der Waals surface area contributed by atoms with Crippen LogP contribution < -0.4 is 5.32 Å². The zero-order valence-electron chi connectivity index (χ0n) is 12.0. The van der Waals surface area contributed by atoms with E-state index < -0.39 is 0 Å². The highest BCUT2D eigenvalue weighted by Gasteiger charge is 2.24. The molecule has 0 aliphatic carbocycles. The Labute approximate surface area is 132 Å². The van der Waals surface area contributed by atoms with E-state index in [0.29, 0.717) is 10.6 Å². The lowest BCUT2D eigenvalue weighted by Gasteiger charge is -2.08. The third-order valence-electron chi connectivity index (χ3n) is 4.15. The van der Waals surface area contributed by atoms with E-state index in [0.717, 1.165) is 27.8 Å². The number of carbonyl (C=O) groups is 1. The zero-order chi connectivity index (χ0) is 15.4. The molecule has 0 radical (unpaired) electrons. The van der Waals surface area contributed by atoms with Crippen molar-refractivity contribution in [2.45, 2.75) is 0 Å². The minimum absolute atomic E-state index is 0.165. The SMILES string of the molecule is C=C1C(=O)Nc2cc(Cl)c(-c3ccc4c(ccn4C)c3)cc21. The number of hydrogen-bond donors (Lipinski definition) is 1. The molecule has 0 bridgehead atoms. The molecule has 4 heteroatoms. The maximum Gasteiger partial charge on any atom is 0.255 e. The van der Waals surface area contributed by atoms with Crippen molar-refractivity contribution < 1.29 is 4.79 Å². The number of carbonyl (C=O) groups excluding carboxylic acids is 1. The lowest BCUT2D eigenvalue weighted by molar-refractivity contribution is -0.110. The summed E-state index contributed by atoms with van der Waals surface area (Å²) in [6, 6.07) is 12.0. The fraction of sp³-hybridized carbons (Fsp3) is 0.0556. The first-order valence-corrected chi connectivity index (χ1v) is 7.32. The molecular weight excluding hydrogens is 296 g/mol. The van der Waals surface area contributed by atoms with Crippen LogP contribution in [-0.2, 0) is 11.8 Å². The molecule has 2 aromatic carbocycles. The molecule has 0 unspecified atom stereocenters. The van der Waals surface area contributed by atoms with E-state index in [9.17, 15) is 4.79 Å². The fourth-order valence-electron chi connectivity index (χ4n) is 2.92. The number of rotatable bonds is 1. The molecule has 0 spiro atoms. The minimum atomic E-state index is -0.165. The van der Waals surface area contributed by atoms with Gasteiger partial charge in [0.2, 0.25) is 0 Å². The van der Waals surface area contributed by atoms with E-state index in [1.807, 2.05) is 25.4 Å². The standard InChI is InChI=1S/C18H13ClN2O/c1-10-13-8-14(15(19)9-16(13)20-18(10)22)11-3-4-17-12(7-11)5-6-21(17)2/h3-9H,1H2,2H3,(H,20,22). The molecule has 0 fully saturated rings. The predicted octanol–water partition coefficient (Wildman–Crippen LogP) is 4.46. The van der Waals surface area contributed by atoms with Crippen molar-refractivity contribution in [1.82, 2.24) is 4.57 Å². The number of halogens is 1. The Hall–Kier alpha value is -2.52. The van der Waals surface area contributed by atoms with Gasteiger partial charge in [0.05, 0.1) is 10.7 Å². The van der Waals surface area contributed by atoms with E-state index in [1.165, 1.54) is 5.52 Å². The Kier molecular flexibility index (Phi) is 2.68. The first-order valence-electron chi connectivity index (χ1n) is 6.94. The number of aryl methyl sites for hydroxylation is 1. The lowest BCUT2D eigenvalue weighted by atomic mass is 9.99. The molecule has 3 nitrogen and oxygen atoms in total.